The van der Waals surface area contributed by atoms with Crippen molar-refractivity contribution < 1.29 is 32.6 Å². The average molecular weight is 339 g/mol. The van der Waals surface area contributed by atoms with Crippen molar-refractivity contribution in [2.45, 2.75) is 25.1 Å². The van der Waals surface area contributed by atoms with Crippen LogP contribution in [0.5, 0.6) is 0 Å². The molecule has 130 valence electrons. The van der Waals surface area contributed by atoms with Crippen molar-refractivity contribution in [2.24, 2.45) is 7.05 Å². The van der Waals surface area contributed by atoms with E-state index in [1.165, 1.54) is 16.8 Å². The van der Waals surface area contributed by atoms with Crippen LogP contribution >= 0.6 is 0 Å². The van der Waals surface area contributed by atoms with Gasteiger partial charge in [0, 0.05) is 19.9 Å². The maximum atomic E-state index is 11.6. The van der Waals surface area contributed by atoms with Gasteiger partial charge in [-0.1, -0.05) is 0 Å². The van der Waals surface area contributed by atoms with Gasteiger partial charge in [0.05, 0.1) is 6.10 Å². The zero-order valence-electron chi connectivity index (χ0n) is 12.2. The van der Waals surface area contributed by atoms with Gasteiger partial charge in [-0.3, -0.25) is 10.7 Å². The van der Waals surface area contributed by atoms with Crippen LogP contribution < -0.4 is 11.2 Å². The molecule has 1 saturated heterocycles. The fourth-order valence-electron chi connectivity index (χ4n) is 1.55. The van der Waals surface area contributed by atoms with Crippen LogP contribution in [0, 0.1) is 0 Å². The lowest BCUT2D eigenvalue weighted by Gasteiger charge is -2.11. The number of hydrogen-bond donors (Lipinski definition) is 2. The quantitative estimate of drug-likeness (QED) is 0.622. The Morgan fingerprint density at radius 1 is 1.61 bits per heavy atom. The van der Waals surface area contributed by atoms with E-state index in [2.05, 4.69) is 9.72 Å². The van der Waals surface area contributed by atoms with Crippen LogP contribution in [0.2, 0.25) is 0 Å². The fourth-order valence-corrected chi connectivity index (χ4v) is 1.55. The van der Waals surface area contributed by atoms with Crippen LogP contribution in [0.15, 0.2) is 17.1 Å². The van der Waals surface area contributed by atoms with Gasteiger partial charge >= 0.3 is 17.8 Å². The predicted molar refractivity (Wildman–Crippen MR) is 70.9 cm³/mol. The van der Waals surface area contributed by atoms with Crippen molar-refractivity contribution in [3.05, 3.63) is 22.7 Å². The Morgan fingerprint density at radius 2 is 2.30 bits per heavy atom. The normalized spacial score (nSPS) is 17.2. The molecule has 2 heterocycles. The third-order valence-electron chi connectivity index (χ3n) is 2.74. The number of esters is 1. The molecule has 0 amide bonds. The number of ether oxygens (including phenoxy) is 2. The van der Waals surface area contributed by atoms with E-state index in [4.69, 9.17) is 9.94 Å². The Balaban J connectivity index is 0.000000238. The smallest absolute Gasteiger partial charge is 0.456 e. The van der Waals surface area contributed by atoms with E-state index in [-0.39, 0.29) is 18.5 Å². The summed E-state index contributed by atoms with van der Waals surface area (Å²) in [5, 5.41) is 8.29. The van der Waals surface area contributed by atoms with Crippen LogP contribution in [-0.4, -0.2) is 46.2 Å². The van der Waals surface area contributed by atoms with Gasteiger partial charge in [0.1, 0.15) is 6.61 Å². The Morgan fingerprint density at radius 3 is 2.78 bits per heavy atom. The highest BCUT2D eigenvalue weighted by Crippen LogP contribution is 2.18. The van der Waals surface area contributed by atoms with Crippen LogP contribution in [-0.2, 0) is 21.3 Å². The summed E-state index contributed by atoms with van der Waals surface area (Å²) in [6, 6.07) is 1.49. The molecule has 0 saturated carbocycles. The van der Waals surface area contributed by atoms with E-state index in [1.54, 1.807) is 12.5 Å². The Labute approximate surface area is 128 Å². The molecule has 0 spiro atoms. The van der Waals surface area contributed by atoms with Gasteiger partial charge in [0.25, 0.3) is 0 Å². The molecule has 1 aliphatic heterocycles. The summed E-state index contributed by atoms with van der Waals surface area (Å²) in [7, 11) is 1.58. The highest BCUT2D eigenvalue weighted by Gasteiger charge is 2.41. The van der Waals surface area contributed by atoms with E-state index < -0.39 is 17.8 Å². The summed E-state index contributed by atoms with van der Waals surface area (Å²) >= 11 is 0. The molecule has 1 atom stereocenters. The van der Waals surface area contributed by atoms with E-state index in [0.29, 0.717) is 13.0 Å². The molecule has 0 bridgehead atoms. The number of aryl methyl sites for hydroxylation is 1. The summed E-state index contributed by atoms with van der Waals surface area (Å²) < 4.78 is 45.1. The van der Waals surface area contributed by atoms with Gasteiger partial charge in [0.15, 0.2) is 5.82 Å². The highest BCUT2D eigenvalue weighted by atomic mass is 19.4. The average Bonchev–Trinajstić information content (AvgIpc) is 3.00. The monoisotopic (exact) mass is 339 g/mol. The third kappa shape index (κ3) is 6.65. The van der Waals surface area contributed by atoms with Crippen LogP contribution in [0.25, 0.3) is 0 Å². The fraction of sp³-hybridized carbons (Fsp3) is 0.583. The summed E-state index contributed by atoms with van der Waals surface area (Å²) in [6.45, 7) is 0.215. The zero-order chi connectivity index (χ0) is 17.5. The second kappa shape index (κ2) is 8.48. The van der Waals surface area contributed by atoms with Crippen molar-refractivity contribution in [1.82, 2.24) is 9.55 Å². The summed E-state index contributed by atoms with van der Waals surface area (Å²) in [5.74, 6) is -1.99. The third-order valence-corrected chi connectivity index (χ3v) is 2.74. The maximum absolute atomic E-state index is 11.6. The number of nitrogens with zero attached hydrogens (tertiary/aromatic N) is 2. The topological polar surface area (TPSA) is 103 Å². The minimum absolute atomic E-state index is 0.156. The zero-order valence-corrected chi connectivity index (χ0v) is 12.2. The molecule has 11 heteroatoms. The van der Waals surface area contributed by atoms with Crippen molar-refractivity contribution >= 4 is 11.8 Å². The summed E-state index contributed by atoms with van der Waals surface area (Å²) in [4.78, 5) is 24.4. The van der Waals surface area contributed by atoms with Crippen LogP contribution in [0.1, 0.15) is 12.8 Å². The molecule has 23 heavy (non-hydrogen) atoms. The molecule has 1 aromatic heterocycles. The number of anilines is 1. The summed E-state index contributed by atoms with van der Waals surface area (Å²) in [6.07, 6.45) is -2.32. The Hall–Kier alpha value is -2.14. The molecule has 0 aromatic carbocycles. The second-order valence-corrected chi connectivity index (χ2v) is 4.55. The number of alkyl halides is 3. The standard InChI is InChI=1S/C7H9F3O3.C5H7N3O2/c8-7(9,10)6(11)13-4-5-2-1-3-12-5;1-8-3-2-4(7-10)6-5(8)9/h5H,1-4H2;2-3,10H,1H3,(H,6,7,9). The number of carbonyl (C=O) groups is 1. The van der Waals surface area contributed by atoms with E-state index in [1.807, 2.05) is 0 Å². The Kier molecular flexibility index (Phi) is 6.97. The molecule has 0 radical (unpaired) electrons. The lowest BCUT2D eigenvalue weighted by molar-refractivity contribution is -0.202. The second-order valence-electron chi connectivity index (χ2n) is 4.55. The number of carbonyl (C=O) groups excluding carboxylic acids is 1. The van der Waals surface area contributed by atoms with Crippen molar-refractivity contribution in [1.29, 1.82) is 0 Å². The molecule has 8 nitrogen and oxygen atoms in total. The van der Waals surface area contributed by atoms with Gasteiger partial charge in [-0.05, 0) is 18.9 Å². The number of hydrogen-bond acceptors (Lipinski definition) is 7. The van der Waals surface area contributed by atoms with Gasteiger partial charge in [-0.2, -0.15) is 18.2 Å². The highest BCUT2D eigenvalue weighted by molar-refractivity contribution is 5.75. The van der Waals surface area contributed by atoms with Gasteiger partial charge in [0.2, 0.25) is 0 Å². The van der Waals surface area contributed by atoms with E-state index >= 15 is 0 Å². The van der Waals surface area contributed by atoms with E-state index in [0.717, 1.165) is 6.42 Å². The summed E-state index contributed by atoms with van der Waals surface area (Å²) in [5.41, 5.74) is 1.37. The van der Waals surface area contributed by atoms with Crippen molar-refractivity contribution in [3.63, 3.8) is 0 Å². The maximum Gasteiger partial charge on any atom is 0.490 e. The molecule has 1 aliphatic rings. The van der Waals surface area contributed by atoms with Gasteiger partial charge in [-0.25, -0.2) is 9.59 Å². The minimum Gasteiger partial charge on any atom is -0.456 e. The molecule has 0 aliphatic carbocycles. The number of nitrogens with one attached hydrogen (secondary N) is 1. The van der Waals surface area contributed by atoms with Crippen LogP contribution in [0.4, 0.5) is 19.0 Å². The number of aromatic nitrogens is 2. The van der Waals surface area contributed by atoms with Crippen LogP contribution in [0.3, 0.4) is 0 Å². The van der Waals surface area contributed by atoms with Gasteiger partial charge < -0.3 is 14.0 Å². The first-order valence-electron chi connectivity index (χ1n) is 6.53. The molecular weight excluding hydrogens is 323 g/mol. The molecule has 1 fully saturated rings. The van der Waals surface area contributed by atoms with Crippen molar-refractivity contribution in [2.75, 3.05) is 18.7 Å². The molecule has 2 rings (SSSR count). The molecular formula is C12H16F3N3O5. The number of halogens is 3. The predicted octanol–water partition coefficient (Wildman–Crippen LogP) is 0.852. The first-order chi connectivity index (χ1) is 10.7. The minimum atomic E-state index is -4.90. The molecule has 1 aromatic rings. The molecule has 1 unspecified atom stereocenters. The lowest BCUT2D eigenvalue weighted by atomic mass is 10.2. The Bertz CT molecular complexity index is 570. The SMILES string of the molecule is Cn1ccc(NO)nc1=O.O=C(OCC1CCCO1)C(F)(F)F. The lowest BCUT2D eigenvalue weighted by Crippen LogP contribution is -2.28. The number of rotatable bonds is 3. The molecule has 2 N–H and O–H groups in total. The van der Waals surface area contributed by atoms with Gasteiger partial charge in [-0.15, -0.1) is 0 Å². The van der Waals surface area contributed by atoms with E-state index in [9.17, 15) is 22.8 Å². The van der Waals surface area contributed by atoms with Crippen molar-refractivity contribution in [3.8, 4) is 0 Å². The largest absolute Gasteiger partial charge is 0.490 e. The first-order valence-corrected chi connectivity index (χ1v) is 6.53. The first kappa shape index (κ1) is 18.9.